The zero-order valence-corrected chi connectivity index (χ0v) is 8.45. The van der Waals surface area contributed by atoms with Crippen LogP contribution in [0.25, 0.3) is 0 Å². The highest BCUT2D eigenvalue weighted by molar-refractivity contribution is 7.15. The van der Waals surface area contributed by atoms with Crippen LogP contribution in [-0.4, -0.2) is 17.8 Å². The lowest BCUT2D eigenvalue weighted by Crippen LogP contribution is -2.17. The quantitative estimate of drug-likeness (QED) is 0.792. The molecule has 2 nitrogen and oxygen atoms in total. The van der Waals surface area contributed by atoms with Crippen LogP contribution in [0.1, 0.15) is 13.3 Å². The number of aliphatic hydroxyl groups is 1. The maximum atomic E-state index is 9.25. The Labute approximate surface area is 81.2 Å². The predicted molar refractivity (Wildman–Crippen MR) is 54.1 cm³/mol. The topological polar surface area (TPSA) is 32.3 Å². The number of rotatable bonds is 4. The average Bonchev–Trinajstić information content (AvgIpc) is 2.47. The van der Waals surface area contributed by atoms with Crippen LogP contribution in [0.2, 0.25) is 4.34 Å². The molecule has 0 aliphatic carbocycles. The molecule has 0 aliphatic rings. The van der Waals surface area contributed by atoms with Gasteiger partial charge in [0.15, 0.2) is 0 Å². The third-order valence-corrected chi connectivity index (χ3v) is 2.79. The summed E-state index contributed by atoms with van der Waals surface area (Å²) in [5, 5.41) is 14.2. The van der Waals surface area contributed by atoms with Gasteiger partial charge in [-0.1, -0.05) is 18.5 Å². The summed E-state index contributed by atoms with van der Waals surface area (Å²) >= 11 is 7.33. The van der Waals surface area contributed by atoms with Gasteiger partial charge in [0.2, 0.25) is 0 Å². The van der Waals surface area contributed by atoms with Crippen molar-refractivity contribution in [2.45, 2.75) is 19.4 Å². The van der Waals surface area contributed by atoms with Gasteiger partial charge in [0, 0.05) is 6.54 Å². The van der Waals surface area contributed by atoms with E-state index in [9.17, 15) is 5.11 Å². The first-order chi connectivity index (χ1) is 5.74. The van der Waals surface area contributed by atoms with Gasteiger partial charge in [0.25, 0.3) is 0 Å². The van der Waals surface area contributed by atoms with Crippen molar-refractivity contribution in [2.24, 2.45) is 0 Å². The minimum absolute atomic E-state index is 0.291. The fourth-order valence-electron chi connectivity index (χ4n) is 0.791. The molecule has 2 N–H and O–H groups in total. The molecule has 0 saturated heterocycles. The predicted octanol–water partition coefficient (Wildman–Crippen LogP) is 2.58. The van der Waals surface area contributed by atoms with E-state index in [0.29, 0.717) is 6.54 Å². The first-order valence-corrected chi connectivity index (χ1v) is 5.14. The number of hydrogen-bond donors (Lipinski definition) is 2. The van der Waals surface area contributed by atoms with E-state index in [1.165, 1.54) is 11.3 Å². The van der Waals surface area contributed by atoms with Crippen molar-refractivity contribution in [3.8, 4) is 0 Å². The molecule has 4 heteroatoms. The standard InChI is InChI=1S/C8H12ClNOS/c1-2-6(11)5-10-7-3-4-12-8(7)9/h3-4,6,10-11H,2,5H2,1H3/t6-/m0/s1. The SMILES string of the molecule is CC[C@H](O)CNc1ccsc1Cl. The second-order valence-corrected chi connectivity index (χ2v) is 4.07. The third-order valence-electron chi connectivity index (χ3n) is 1.62. The van der Waals surface area contributed by atoms with E-state index in [1.54, 1.807) is 0 Å². The molecule has 1 rings (SSSR count). The van der Waals surface area contributed by atoms with E-state index < -0.39 is 0 Å². The number of anilines is 1. The highest BCUT2D eigenvalue weighted by Gasteiger charge is 2.03. The van der Waals surface area contributed by atoms with Gasteiger partial charge in [0.1, 0.15) is 4.34 Å². The summed E-state index contributed by atoms with van der Waals surface area (Å²) in [5.41, 5.74) is 0.911. The molecule has 0 bridgehead atoms. The highest BCUT2D eigenvalue weighted by atomic mass is 35.5. The summed E-state index contributed by atoms with van der Waals surface area (Å²) in [6.07, 6.45) is 0.468. The van der Waals surface area contributed by atoms with E-state index in [-0.39, 0.29) is 6.10 Å². The maximum absolute atomic E-state index is 9.25. The maximum Gasteiger partial charge on any atom is 0.116 e. The highest BCUT2D eigenvalue weighted by Crippen LogP contribution is 2.27. The lowest BCUT2D eigenvalue weighted by Gasteiger charge is -2.09. The van der Waals surface area contributed by atoms with Gasteiger partial charge < -0.3 is 10.4 Å². The summed E-state index contributed by atoms with van der Waals surface area (Å²) in [6.45, 7) is 2.51. The van der Waals surface area contributed by atoms with Crippen molar-refractivity contribution < 1.29 is 5.11 Å². The summed E-state index contributed by atoms with van der Waals surface area (Å²) in [5.74, 6) is 0. The Morgan fingerprint density at radius 3 is 3.00 bits per heavy atom. The zero-order valence-electron chi connectivity index (χ0n) is 6.88. The Bertz CT molecular complexity index is 239. The number of nitrogens with one attached hydrogen (secondary N) is 1. The molecule has 0 aliphatic heterocycles. The molecular weight excluding hydrogens is 194 g/mol. The Kier molecular flexibility index (Phi) is 3.85. The van der Waals surface area contributed by atoms with Crippen LogP contribution in [0.3, 0.4) is 0 Å². The second kappa shape index (κ2) is 4.70. The van der Waals surface area contributed by atoms with Gasteiger partial charge in [-0.3, -0.25) is 0 Å². The summed E-state index contributed by atoms with van der Waals surface area (Å²) < 4.78 is 0.748. The van der Waals surface area contributed by atoms with Crippen LogP contribution < -0.4 is 5.32 Å². The van der Waals surface area contributed by atoms with Crippen molar-refractivity contribution in [3.05, 3.63) is 15.8 Å². The normalized spacial score (nSPS) is 12.9. The van der Waals surface area contributed by atoms with Crippen LogP contribution in [0.5, 0.6) is 0 Å². The Hall–Kier alpha value is -0.250. The van der Waals surface area contributed by atoms with Crippen molar-refractivity contribution in [1.29, 1.82) is 0 Å². The zero-order chi connectivity index (χ0) is 8.97. The van der Waals surface area contributed by atoms with Crippen molar-refractivity contribution in [3.63, 3.8) is 0 Å². The van der Waals surface area contributed by atoms with E-state index >= 15 is 0 Å². The van der Waals surface area contributed by atoms with Crippen LogP contribution in [-0.2, 0) is 0 Å². The summed E-state index contributed by atoms with van der Waals surface area (Å²) in [4.78, 5) is 0. The molecule has 0 spiro atoms. The molecule has 0 saturated carbocycles. The second-order valence-electron chi connectivity index (χ2n) is 2.55. The van der Waals surface area contributed by atoms with Crippen LogP contribution >= 0.6 is 22.9 Å². The minimum atomic E-state index is -0.291. The fourth-order valence-corrected chi connectivity index (χ4v) is 1.67. The molecule has 0 unspecified atom stereocenters. The third kappa shape index (κ3) is 2.66. The summed E-state index contributed by atoms with van der Waals surface area (Å²) in [6, 6.07) is 1.91. The summed E-state index contributed by atoms with van der Waals surface area (Å²) in [7, 11) is 0. The molecule has 0 fully saturated rings. The van der Waals surface area contributed by atoms with Gasteiger partial charge in [-0.25, -0.2) is 0 Å². The molecule has 1 aromatic rings. The molecule has 0 amide bonds. The number of aliphatic hydroxyl groups excluding tert-OH is 1. The minimum Gasteiger partial charge on any atom is -0.391 e. The van der Waals surface area contributed by atoms with E-state index in [4.69, 9.17) is 11.6 Å². The molecule has 1 aromatic heterocycles. The monoisotopic (exact) mass is 205 g/mol. The Balaban J connectivity index is 2.38. The molecule has 12 heavy (non-hydrogen) atoms. The van der Waals surface area contributed by atoms with E-state index in [1.807, 2.05) is 18.4 Å². The molecule has 0 radical (unpaired) electrons. The lowest BCUT2D eigenvalue weighted by molar-refractivity contribution is 0.183. The number of halogens is 1. The molecule has 0 aromatic carbocycles. The van der Waals surface area contributed by atoms with Crippen LogP contribution in [0, 0.1) is 0 Å². The van der Waals surface area contributed by atoms with Crippen molar-refractivity contribution in [2.75, 3.05) is 11.9 Å². The molecular formula is C8H12ClNOS. The lowest BCUT2D eigenvalue weighted by atomic mass is 10.3. The number of hydrogen-bond acceptors (Lipinski definition) is 3. The molecule has 1 heterocycles. The Morgan fingerprint density at radius 2 is 2.50 bits per heavy atom. The van der Waals surface area contributed by atoms with E-state index in [0.717, 1.165) is 16.4 Å². The Morgan fingerprint density at radius 1 is 1.75 bits per heavy atom. The number of thiophene rings is 1. The first kappa shape index (κ1) is 9.84. The fraction of sp³-hybridized carbons (Fsp3) is 0.500. The van der Waals surface area contributed by atoms with Gasteiger partial charge >= 0.3 is 0 Å². The smallest absolute Gasteiger partial charge is 0.116 e. The van der Waals surface area contributed by atoms with Gasteiger partial charge in [-0.2, -0.15) is 0 Å². The first-order valence-electron chi connectivity index (χ1n) is 3.89. The van der Waals surface area contributed by atoms with Crippen molar-refractivity contribution >= 4 is 28.6 Å². The van der Waals surface area contributed by atoms with Crippen LogP contribution in [0.15, 0.2) is 11.4 Å². The van der Waals surface area contributed by atoms with Gasteiger partial charge in [0.05, 0.1) is 11.8 Å². The van der Waals surface area contributed by atoms with E-state index in [2.05, 4.69) is 5.32 Å². The van der Waals surface area contributed by atoms with Gasteiger partial charge in [-0.15, -0.1) is 11.3 Å². The largest absolute Gasteiger partial charge is 0.391 e. The van der Waals surface area contributed by atoms with Crippen LogP contribution in [0.4, 0.5) is 5.69 Å². The molecule has 68 valence electrons. The van der Waals surface area contributed by atoms with Crippen molar-refractivity contribution in [1.82, 2.24) is 0 Å². The molecule has 1 atom stereocenters. The average molecular weight is 206 g/mol. The van der Waals surface area contributed by atoms with Gasteiger partial charge in [-0.05, 0) is 17.9 Å².